The zero-order valence-electron chi connectivity index (χ0n) is 14.9. The largest absolute Gasteiger partial charge is 0.466 e. The smallest absolute Gasteiger partial charge is 0.107 e. The molecule has 2 N–H and O–H groups in total. The fraction of sp³-hybridized carbons (Fsp3) is 0.286. The summed E-state index contributed by atoms with van der Waals surface area (Å²) in [5.41, 5.74) is 3.27. The average Bonchev–Trinajstić information content (AvgIpc) is 2.95. The van der Waals surface area contributed by atoms with Crippen LogP contribution in [0.15, 0.2) is 59.3 Å². The third-order valence-electron chi connectivity index (χ3n) is 4.34. The minimum absolute atomic E-state index is 0.448. The molecule has 1 aromatic carbocycles. The van der Waals surface area contributed by atoms with Crippen LogP contribution >= 0.6 is 0 Å². The fourth-order valence-corrected chi connectivity index (χ4v) is 3.11. The van der Waals surface area contributed by atoms with E-state index in [1.165, 1.54) is 0 Å². The molecule has 25 heavy (non-hydrogen) atoms. The van der Waals surface area contributed by atoms with Gasteiger partial charge in [-0.15, -0.1) is 0 Å². The molecule has 0 spiro atoms. The molecular formula is C21H24N2O2. The number of nitrogens with one attached hydrogen (secondary N) is 1. The number of hydrogen-bond donors (Lipinski definition) is 2. The molecule has 130 valence electrons. The summed E-state index contributed by atoms with van der Waals surface area (Å²) in [5.74, 6) is 1.58. The number of aromatic nitrogens is 1. The highest BCUT2D eigenvalue weighted by molar-refractivity contribution is 5.62. The lowest BCUT2D eigenvalue weighted by molar-refractivity contribution is 0.0552. The zero-order chi connectivity index (χ0) is 17.9. The van der Waals surface area contributed by atoms with Crippen LogP contribution in [0, 0.1) is 13.8 Å². The summed E-state index contributed by atoms with van der Waals surface area (Å²) < 4.78 is 5.54. The van der Waals surface area contributed by atoms with E-state index in [0.29, 0.717) is 13.1 Å². The van der Waals surface area contributed by atoms with Crippen molar-refractivity contribution in [2.24, 2.45) is 0 Å². The molecule has 0 amide bonds. The van der Waals surface area contributed by atoms with Crippen LogP contribution in [0.25, 0.3) is 11.1 Å². The van der Waals surface area contributed by atoms with Crippen molar-refractivity contribution in [1.29, 1.82) is 0 Å². The Bertz CT molecular complexity index is 838. The number of aliphatic hydroxyl groups is 1. The SMILES string of the molecule is Cc1cc(C(C)(O)CNCc2cccc(-c3cccnc3)c2)c(C)o1. The second-order valence-corrected chi connectivity index (χ2v) is 6.65. The highest BCUT2D eigenvalue weighted by Gasteiger charge is 2.27. The first-order valence-electron chi connectivity index (χ1n) is 8.46. The lowest BCUT2D eigenvalue weighted by atomic mass is 9.96. The van der Waals surface area contributed by atoms with Gasteiger partial charge in [0.05, 0.1) is 0 Å². The highest BCUT2D eigenvalue weighted by atomic mass is 16.3. The van der Waals surface area contributed by atoms with Gasteiger partial charge in [-0.05, 0) is 55.7 Å². The van der Waals surface area contributed by atoms with Gasteiger partial charge < -0.3 is 14.8 Å². The van der Waals surface area contributed by atoms with E-state index in [9.17, 15) is 5.11 Å². The van der Waals surface area contributed by atoms with Crippen LogP contribution in [0.1, 0.15) is 29.6 Å². The zero-order valence-corrected chi connectivity index (χ0v) is 14.9. The lowest BCUT2D eigenvalue weighted by Gasteiger charge is -2.23. The number of furan rings is 1. The molecule has 0 radical (unpaired) electrons. The Balaban J connectivity index is 1.65. The van der Waals surface area contributed by atoms with Gasteiger partial charge in [0.1, 0.15) is 17.1 Å². The van der Waals surface area contributed by atoms with Crippen molar-refractivity contribution in [3.8, 4) is 11.1 Å². The van der Waals surface area contributed by atoms with Crippen LogP contribution < -0.4 is 5.32 Å². The molecule has 1 atom stereocenters. The van der Waals surface area contributed by atoms with Gasteiger partial charge in [-0.25, -0.2) is 0 Å². The third-order valence-corrected chi connectivity index (χ3v) is 4.34. The number of rotatable bonds is 6. The molecule has 4 nitrogen and oxygen atoms in total. The Hall–Kier alpha value is -2.43. The quantitative estimate of drug-likeness (QED) is 0.715. The standard InChI is InChI=1S/C21H24N2O2/c1-15-10-20(16(2)25-15)21(3,24)14-23-12-17-6-4-7-18(11-17)19-8-5-9-22-13-19/h4-11,13,23-24H,12,14H2,1-3H3. The van der Waals surface area contributed by atoms with Gasteiger partial charge in [0.2, 0.25) is 0 Å². The van der Waals surface area contributed by atoms with Crippen LogP contribution in [0.3, 0.4) is 0 Å². The van der Waals surface area contributed by atoms with E-state index in [0.717, 1.165) is 33.8 Å². The minimum atomic E-state index is -0.969. The lowest BCUT2D eigenvalue weighted by Crippen LogP contribution is -2.35. The molecule has 1 unspecified atom stereocenters. The molecule has 0 saturated heterocycles. The number of hydrogen-bond acceptors (Lipinski definition) is 4. The first kappa shape index (κ1) is 17.4. The molecule has 0 aliphatic heterocycles. The maximum Gasteiger partial charge on any atom is 0.107 e. The van der Waals surface area contributed by atoms with Crippen LogP contribution in [0.2, 0.25) is 0 Å². The van der Waals surface area contributed by atoms with Gasteiger partial charge in [0.15, 0.2) is 0 Å². The topological polar surface area (TPSA) is 58.3 Å². The molecule has 2 heterocycles. The van der Waals surface area contributed by atoms with Gasteiger partial charge in [-0.2, -0.15) is 0 Å². The van der Waals surface area contributed by atoms with Crippen LogP contribution in [-0.2, 0) is 12.1 Å². The second kappa shape index (κ2) is 7.21. The number of benzene rings is 1. The van der Waals surface area contributed by atoms with Crippen molar-refractivity contribution in [2.45, 2.75) is 32.9 Å². The molecule has 4 heteroatoms. The molecule has 0 fully saturated rings. The second-order valence-electron chi connectivity index (χ2n) is 6.65. The Kier molecular flexibility index (Phi) is 5.02. The molecular weight excluding hydrogens is 312 g/mol. The van der Waals surface area contributed by atoms with E-state index in [1.807, 2.05) is 51.2 Å². The summed E-state index contributed by atoms with van der Waals surface area (Å²) in [5, 5.41) is 14.1. The number of aryl methyl sites for hydroxylation is 2. The van der Waals surface area contributed by atoms with Gasteiger partial charge in [-0.3, -0.25) is 4.98 Å². The predicted molar refractivity (Wildman–Crippen MR) is 99.1 cm³/mol. The Morgan fingerprint density at radius 3 is 2.60 bits per heavy atom. The van der Waals surface area contributed by atoms with E-state index in [-0.39, 0.29) is 0 Å². The van der Waals surface area contributed by atoms with Crippen molar-refractivity contribution in [2.75, 3.05) is 6.54 Å². The Labute approximate surface area is 148 Å². The summed E-state index contributed by atoms with van der Waals surface area (Å²) in [6.07, 6.45) is 3.64. The first-order valence-corrected chi connectivity index (χ1v) is 8.46. The molecule has 3 rings (SSSR count). The van der Waals surface area contributed by atoms with Crippen molar-refractivity contribution in [1.82, 2.24) is 10.3 Å². The normalized spacial score (nSPS) is 13.6. The van der Waals surface area contributed by atoms with Gasteiger partial charge in [0.25, 0.3) is 0 Å². The van der Waals surface area contributed by atoms with Gasteiger partial charge in [0, 0.05) is 31.0 Å². The van der Waals surface area contributed by atoms with E-state index < -0.39 is 5.60 Å². The summed E-state index contributed by atoms with van der Waals surface area (Å²) in [6, 6.07) is 14.2. The average molecular weight is 336 g/mol. The van der Waals surface area contributed by atoms with Crippen molar-refractivity contribution in [3.05, 3.63) is 77.5 Å². The Morgan fingerprint density at radius 2 is 1.92 bits per heavy atom. The molecule has 0 bridgehead atoms. The maximum atomic E-state index is 10.8. The molecule has 0 aliphatic rings. The molecule has 2 aromatic heterocycles. The fourth-order valence-electron chi connectivity index (χ4n) is 3.11. The van der Waals surface area contributed by atoms with E-state index in [4.69, 9.17) is 4.42 Å². The highest BCUT2D eigenvalue weighted by Crippen LogP contribution is 2.26. The number of nitrogens with zero attached hydrogens (tertiary/aromatic N) is 1. The summed E-state index contributed by atoms with van der Waals surface area (Å²) >= 11 is 0. The maximum absolute atomic E-state index is 10.8. The summed E-state index contributed by atoms with van der Waals surface area (Å²) in [7, 11) is 0. The van der Waals surface area contributed by atoms with Crippen molar-refractivity contribution in [3.63, 3.8) is 0 Å². The monoisotopic (exact) mass is 336 g/mol. The summed E-state index contributed by atoms with van der Waals surface area (Å²) in [6.45, 7) is 6.71. The van der Waals surface area contributed by atoms with Gasteiger partial charge >= 0.3 is 0 Å². The summed E-state index contributed by atoms with van der Waals surface area (Å²) in [4.78, 5) is 4.17. The first-order chi connectivity index (χ1) is 12.0. The van der Waals surface area contributed by atoms with Crippen molar-refractivity contribution >= 4 is 0 Å². The van der Waals surface area contributed by atoms with E-state index in [2.05, 4.69) is 28.5 Å². The van der Waals surface area contributed by atoms with Crippen LogP contribution in [0.4, 0.5) is 0 Å². The van der Waals surface area contributed by atoms with E-state index in [1.54, 1.807) is 6.20 Å². The van der Waals surface area contributed by atoms with Crippen LogP contribution in [-0.4, -0.2) is 16.6 Å². The predicted octanol–water partition coefficient (Wildman–Crippen LogP) is 3.96. The minimum Gasteiger partial charge on any atom is -0.466 e. The molecule has 0 saturated carbocycles. The van der Waals surface area contributed by atoms with Crippen molar-refractivity contribution < 1.29 is 9.52 Å². The Morgan fingerprint density at radius 1 is 1.12 bits per heavy atom. The number of pyridine rings is 1. The third kappa shape index (κ3) is 4.16. The van der Waals surface area contributed by atoms with E-state index >= 15 is 0 Å². The molecule has 0 aliphatic carbocycles. The molecule has 3 aromatic rings. The van der Waals surface area contributed by atoms with Gasteiger partial charge in [-0.1, -0.05) is 24.3 Å². The van der Waals surface area contributed by atoms with Crippen LogP contribution in [0.5, 0.6) is 0 Å².